The molecule has 0 bridgehead atoms. The smallest absolute Gasteiger partial charge is 0.306 e. The molecule has 0 saturated carbocycles. The first-order chi connectivity index (χ1) is 14.4. The number of carbonyl (C=O) groups is 2. The minimum absolute atomic E-state index is 0. The summed E-state index contributed by atoms with van der Waals surface area (Å²) >= 11 is 0. The number of halogens is 1. The van der Waals surface area contributed by atoms with Crippen molar-refractivity contribution < 1.29 is 19.1 Å². The Morgan fingerprint density at radius 2 is 1.81 bits per heavy atom. The molecule has 31 heavy (non-hydrogen) atoms. The van der Waals surface area contributed by atoms with Crippen molar-refractivity contribution in [3.63, 3.8) is 0 Å². The van der Waals surface area contributed by atoms with E-state index in [4.69, 9.17) is 15.9 Å². The van der Waals surface area contributed by atoms with Crippen molar-refractivity contribution in [2.75, 3.05) is 13.7 Å². The SMILES string of the molecule is COC(=O)C[C@@H]1C[C@@H](COc2ccc3c(ccc4cc(C(=N)N)ccc43)c2)NC1=O.Cl. The van der Waals surface area contributed by atoms with Crippen molar-refractivity contribution in [1.82, 2.24) is 5.32 Å². The Hall–Kier alpha value is -3.32. The fourth-order valence-electron chi connectivity index (χ4n) is 3.90. The standard InChI is InChI=1S/C23H23N3O4.ClH/c1-29-21(27)11-16-9-17(26-23(16)28)12-30-18-5-7-20-14(10-18)3-2-13-8-15(22(24)25)4-6-19(13)20;/h2-8,10,16-17H,9,11-12H2,1H3,(H3,24,25)(H,26,28);1H/t16-,17-;/m0./s1. The number of amidine groups is 1. The van der Waals surface area contributed by atoms with Crippen LogP contribution < -0.4 is 15.8 Å². The minimum Gasteiger partial charge on any atom is -0.491 e. The number of nitrogens with one attached hydrogen (secondary N) is 2. The van der Waals surface area contributed by atoms with Gasteiger partial charge in [-0.05, 0) is 46.2 Å². The van der Waals surface area contributed by atoms with Gasteiger partial charge >= 0.3 is 5.97 Å². The van der Waals surface area contributed by atoms with E-state index < -0.39 is 0 Å². The highest BCUT2D eigenvalue weighted by molar-refractivity contribution is 6.10. The van der Waals surface area contributed by atoms with E-state index in [-0.39, 0.29) is 48.5 Å². The Morgan fingerprint density at radius 1 is 1.13 bits per heavy atom. The Labute approximate surface area is 185 Å². The van der Waals surface area contributed by atoms with Crippen LogP contribution in [0.3, 0.4) is 0 Å². The maximum absolute atomic E-state index is 12.0. The Morgan fingerprint density at radius 3 is 2.48 bits per heavy atom. The fraction of sp³-hybridized carbons (Fsp3) is 0.261. The zero-order valence-electron chi connectivity index (χ0n) is 17.0. The number of nitrogens with two attached hydrogens (primary N) is 1. The molecule has 0 aromatic heterocycles. The zero-order chi connectivity index (χ0) is 21.3. The monoisotopic (exact) mass is 441 g/mol. The van der Waals surface area contributed by atoms with Crippen molar-refractivity contribution in [2.24, 2.45) is 11.7 Å². The van der Waals surface area contributed by atoms with Crippen molar-refractivity contribution in [2.45, 2.75) is 18.9 Å². The number of benzene rings is 3. The van der Waals surface area contributed by atoms with Crippen LogP contribution in [0.15, 0.2) is 48.5 Å². The lowest BCUT2D eigenvalue weighted by Crippen LogP contribution is -2.31. The van der Waals surface area contributed by atoms with Crippen LogP contribution in [0.25, 0.3) is 21.5 Å². The maximum Gasteiger partial charge on any atom is 0.306 e. The number of methoxy groups -OCH3 is 1. The number of carbonyl (C=O) groups excluding carboxylic acids is 2. The topological polar surface area (TPSA) is 114 Å². The normalized spacial score (nSPS) is 17.8. The molecular formula is C23H24ClN3O4. The molecular weight excluding hydrogens is 418 g/mol. The zero-order valence-corrected chi connectivity index (χ0v) is 17.8. The summed E-state index contributed by atoms with van der Waals surface area (Å²) in [6.45, 7) is 0.338. The number of nitrogen functional groups attached to an aromatic ring is 1. The summed E-state index contributed by atoms with van der Waals surface area (Å²) in [5.41, 5.74) is 6.29. The lowest BCUT2D eigenvalue weighted by molar-refractivity contribution is -0.143. The third kappa shape index (κ3) is 4.72. The lowest BCUT2D eigenvalue weighted by atomic mass is 9.99. The average Bonchev–Trinajstić information content (AvgIpc) is 3.10. The molecule has 0 aliphatic carbocycles. The maximum atomic E-state index is 12.0. The molecule has 0 spiro atoms. The van der Waals surface area contributed by atoms with Gasteiger partial charge in [-0.1, -0.05) is 30.3 Å². The first kappa shape index (κ1) is 22.4. The van der Waals surface area contributed by atoms with Gasteiger partial charge in [0.2, 0.25) is 5.91 Å². The molecule has 3 aromatic rings. The number of ether oxygens (including phenoxy) is 2. The summed E-state index contributed by atoms with van der Waals surface area (Å²) in [6, 6.07) is 15.5. The van der Waals surface area contributed by atoms with Crippen LogP contribution in [0.5, 0.6) is 5.75 Å². The highest BCUT2D eigenvalue weighted by Gasteiger charge is 2.34. The van der Waals surface area contributed by atoms with Gasteiger partial charge in [-0.25, -0.2) is 0 Å². The van der Waals surface area contributed by atoms with Crippen molar-refractivity contribution in [3.05, 3.63) is 54.1 Å². The largest absolute Gasteiger partial charge is 0.491 e. The summed E-state index contributed by atoms with van der Waals surface area (Å²) in [6.07, 6.45) is 0.637. The van der Waals surface area contributed by atoms with Gasteiger partial charge in [-0.3, -0.25) is 15.0 Å². The predicted octanol–water partition coefficient (Wildman–Crippen LogP) is 3.15. The number of esters is 1. The minimum atomic E-state index is -0.381. The molecule has 0 radical (unpaired) electrons. The van der Waals surface area contributed by atoms with Gasteiger partial charge in [0.25, 0.3) is 0 Å². The van der Waals surface area contributed by atoms with E-state index in [0.29, 0.717) is 24.3 Å². The third-order valence-corrected chi connectivity index (χ3v) is 5.50. The van der Waals surface area contributed by atoms with Crippen molar-refractivity contribution in [3.8, 4) is 5.75 Å². The molecule has 1 aliphatic heterocycles. The molecule has 1 saturated heterocycles. The van der Waals surface area contributed by atoms with E-state index in [9.17, 15) is 9.59 Å². The van der Waals surface area contributed by atoms with Crippen LogP contribution in [0.1, 0.15) is 18.4 Å². The molecule has 1 heterocycles. The van der Waals surface area contributed by atoms with Gasteiger partial charge in [-0.2, -0.15) is 0 Å². The molecule has 1 aliphatic rings. The number of fused-ring (bicyclic) bond motifs is 3. The van der Waals surface area contributed by atoms with Gasteiger partial charge in [0.05, 0.1) is 25.5 Å². The van der Waals surface area contributed by atoms with Gasteiger partial charge in [0, 0.05) is 5.56 Å². The first-order valence-corrected chi connectivity index (χ1v) is 9.75. The van der Waals surface area contributed by atoms with E-state index in [1.165, 1.54) is 7.11 Å². The summed E-state index contributed by atoms with van der Waals surface area (Å²) in [5, 5.41) is 14.7. The van der Waals surface area contributed by atoms with Gasteiger partial charge in [0.15, 0.2) is 0 Å². The van der Waals surface area contributed by atoms with E-state index in [1.54, 1.807) is 0 Å². The molecule has 8 heteroatoms. The summed E-state index contributed by atoms with van der Waals surface area (Å²) in [5.74, 6) is -0.117. The molecule has 0 unspecified atom stereocenters. The predicted molar refractivity (Wildman–Crippen MR) is 122 cm³/mol. The second-order valence-corrected chi connectivity index (χ2v) is 7.53. The number of rotatable bonds is 6. The van der Waals surface area contributed by atoms with Crippen molar-refractivity contribution in [1.29, 1.82) is 5.41 Å². The Bertz CT molecular complexity index is 1160. The Kier molecular flexibility index (Phi) is 6.65. The molecule has 7 nitrogen and oxygen atoms in total. The fourth-order valence-corrected chi connectivity index (χ4v) is 3.90. The second kappa shape index (κ2) is 9.22. The van der Waals surface area contributed by atoms with Crippen LogP contribution in [-0.4, -0.2) is 37.5 Å². The molecule has 2 atom stereocenters. The second-order valence-electron chi connectivity index (χ2n) is 7.53. The quantitative estimate of drug-likeness (QED) is 0.235. The van der Waals surface area contributed by atoms with Crippen LogP contribution in [0, 0.1) is 11.3 Å². The summed E-state index contributed by atoms with van der Waals surface area (Å²) in [4.78, 5) is 23.4. The van der Waals surface area contributed by atoms with Gasteiger partial charge in [-0.15, -0.1) is 12.4 Å². The van der Waals surface area contributed by atoms with E-state index in [1.807, 2.05) is 48.5 Å². The average molecular weight is 442 g/mol. The number of hydrogen-bond acceptors (Lipinski definition) is 5. The molecule has 4 N–H and O–H groups in total. The number of hydrogen-bond donors (Lipinski definition) is 3. The van der Waals surface area contributed by atoms with Crippen LogP contribution in [-0.2, 0) is 14.3 Å². The molecule has 1 fully saturated rings. The van der Waals surface area contributed by atoms with E-state index in [2.05, 4.69) is 10.1 Å². The van der Waals surface area contributed by atoms with E-state index in [0.717, 1.165) is 21.5 Å². The molecule has 1 amide bonds. The molecule has 162 valence electrons. The number of amides is 1. The van der Waals surface area contributed by atoms with Gasteiger partial charge < -0.3 is 20.5 Å². The highest BCUT2D eigenvalue weighted by atomic mass is 35.5. The Balaban J connectivity index is 0.00000272. The van der Waals surface area contributed by atoms with Crippen LogP contribution >= 0.6 is 12.4 Å². The summed E-state index contributed by atoms with van der Waals surface area (Å²) in [7, 11) is 1.32. The van der Waals surface area contributed by atoms with Crippen LogP contribution in [0.4, 0.5) is 0 Å². The van der Waals surface area contributed by atoms with Crippen molar-refractivity contribution >= 4 is 51.7 Å². The molecule has 4 rings (SSSR count). The van der Waals surface area contributed by atoms with E-state index >= 15 is 0 Å². The first-order valence-electron chi connectivity index (χ1n) is 9.75. The van der Waals surface area contributed by atoms with Crippen LogP contribution in [0.2, 0.25) is 0 Å². The lowest BCUT2D eigenvalue weighted by Gasteiger charge is -2.13. The molecule has 3 aromatic carbocycles. The van der Waals surface area contributed by atoms with Gasteiger partial charge in [0.1, 0.15) is 18.2 Å². The highest BCUT2D eigenvalue weighted by Crippen LogP contribution is 2.29. The third-order valence-electron chi connectivity index (χ3n) is 5.50. The summed E-state index contributed by atoms with van der Waals surface area (Å²) < 4.78 is 10.6.